The molecule has 4 heteroatoms. The third-order valence-electron chi connectivity index (χ3n) is 1.37. The Labute approximate surface area is 79.6 Å². The number of nitrogens with zero attached hydrogens (tertiary/aromatic N) is 2. The van der Waals surface area contributed by atoms with Crippen LogP contribution in [0.5, 0.6) is 0 Å². The van der Waals surface area contributed by atoms with Crippen molar-refractivity contribution in [1.82, 2.24) is 5.01 Å². The monoisotopic (exact) mass is 186 g/mol. The van der Waals surface area contributed by atoms with Gasteiger partial charge in [0.1, 0.15) is 0 Å². The third kappa shape index (κ3) is 7.31. The molecule has 0 bridgehead atoms. The molecular weight excluding hydrogens is 168 g/mol. The van der Waals surface area contributed by atoms with Gasteiger partial charge in [0.05, 0.1) is 13.0 Å². The molecule has 0 atom stereocenters. The van der Waals surface area contributed by atoms with Crippen LogP contribution in [-0.2, 0) is 9.53 Å². The maximum atomic E-state index is 10.9. The van der Waals surface area contributed by atoms with Crippen molar-refractivity contribution in [3.63, 3.8) is 0 Å². The molecule has 76 valence electrons. The molecule has 0 heterocycles. The Bertz CT molecular complexity index is 188. The molecule has 0 aromatic heterocycles. The van der Waals surface area contributed by atoms with Crippen molar-refractivity contribution >= 4 is 11.7 Å². The molecule has 0 aliphatic rings. The first kappa shape index (κ1) is 11.9. The zero-order valence-electron chi connectivity index (χ0n) is 8.83. The quantitative estimate of drug-likeness (QED) is 0.369. The van der Waals surface area contributed by atoms with E-state index in [4.69, 9.17) is 4.74 Å². The molecule has 4 nitrogen and oxygen atoms in total. The maximum Gasteiger partial charge on any atom is 0.306 e. The first-order valence-electron chi connectivity index (χ1n) is 4.43. The third-order valence-corrected chi connectivity index (χ3v) is 1.37. The van der Waals surface area contributed by atoms with Gasteiger partial charge in [0.2, 0.25) is 0 Å². The van der Waals surface area contributed by atoms with Gasteiger partial charge in [-0.3, -0.25) is 4.79 Å². The Morgan fingerprint density at radius 3 is 2.46 bits per heavy atom. The molecule has 0 aliphatic carbocycles. The molecule has 0 saturated heterocycles. The van der Waals surface area contributed by atoms with E-state index >= 15 is 0 Å². The summed E-state index contributed by atoms with van der Waals surface area (Å²) in [6.07, 6.45) is 1.08. The summed E-state index contributed by atoms with van der Waals surface area (Å²) < 4.78 is 4.79. The number of hydrogen-bond donors (Lipinski definition) is 0. The minimum Gasteiger partial charge on any atom is -0.466 e. The number of carbonyl (C=O) groups excluding carboxylic acids is 1. The lowest BCUT2D eigenvalue weighted by molar-refractivity contribution is -0.142. The molecule has 0 amide bonds. The van der Waals surface area contributed by atoms with Crippen molar-refractivity contribution in [2.24, 2.45) is 5.10 Å². The first-order valence-corrected chi connectivity index (χ1v) is 4.43. The fourth-order valence-corrected chi connectivity index (χ4v) is 0.908. The molecule has 0 radical (unpaired) electrons. The fourth-order valence-electron chi connectivity index (χ4n) is 0.908. The highest BCUT2D eigenvalue weighted by Crippen LogP contribution is 1.96. The van der Waals surface area contributed by atoms with Crippen molar-refractivity contribution in [2.75, 3.05) is 20.7 Å². The van der Waals surface area contributed by atoms with Crippen LogP contribution in [-0.4, -0.2) is 37.4 Å². The SMILES string of the molecule is CCOC(=O)CC/C(C)=N/N(C)C. The van der Waals surface area contributed by atoms with Crippen molar-refractivity contribution < 1.29 is 9.53 Å². The van der Waals surface area contributed by atoms with Gasteiger partial charge >= 0.3 is 5.97 Å². The minimum absolute atomic E-state index is 0.157. The summed E-state index contributed by atoms with van der Waals surface area (Å²) in [4.78, 5) is 10.9. The summed E-state index contributed by atoms with van der Waals surface area (Å²) in [5.41, 5.74) is 0.943. The lowest BCUT2D eigenvalue weighted by Gasteiger charge is -2.06. The second kappa shape index (κ2) is 6.46. The number of hydrazone groups is 1. The predicted octanol–water partition coefficient (Wildman–Crippen LogP) is 1.27. The van der Waals surface area contributed by atoms with Crippen LogP contribution in [0.25, 0.3) is 0 Å². The van der Waals surface area contributed by atoms with Crippen LogP contribution in [0, 0.1) is 0 Å². The van der Waals surface area contributed by atoms with E-state index < -0.39 is 0 Å². The second-order valence-corrected chi connectivity index (χ2v) is 2.99. The highest BCUT2D eigenvalue weighted by Gasteiger charge is 2.02. The number of rotatable bonds is 5. The normalized spacial score (nSPS) is 11.2. The molecule has 0 rings (SSSR count). The predicted molar refractivity (Wildman–Crippen MR) is 52.7 cm³/mol. The van der Waals surface area contributed by atoms with Crippen LogP contribution in [0.2, 0.25) is 0 Å². The molecular formula is C9H18N2O2. The van der Waals surface area contributed by atoms with Gasteiger partial charge in [-0.25, -0.2) is 0 Å². The molecule has 0 spiro atoms. The standard InChI is InChI=1S/C9H18N2O2/c1-5-13-9(12)7-6-8(2)10-11(3)4/h5-7H2,1-4H3/b10-8+. The lowest BCUT2D eigenvalue weighted by Crippen LogP contribution is -2.09. The van der Waals surface area contributed by atoms with Crippen molar-refractivity contribution in [2.45, 2.75) is 26.7 Å². The first-order chi connectivity index (χ1) is 6.06. The van der Waals surface area contributed by atoms with Crippen LogP contribution in [0.3, 0.4) is 0 Å². The average molecular weight is 186 g/mol. The summed E-state index contributed by atoms with van der Waals surface area (Å²) in [6, 6.07) is 0. The topological polar surface area (TPSA) is 41.9 Å². The molecule has 13 heavy (non-hydrogen) atoms. The van der Waals surface area contributed by atoms with E-state index in [1.165, 1.54) is 0 Å². The van der Waals surface area contributed by atoms with Crippen molar-refractivity contribution in [1.29, 1.82) is 0 Å². The van der Waals surface area contributed by atoms with E-state index in [2.05, 4.69) is 5.10 Å². The summed E-state index contributed by atoms with van der Waals surface area (Å²) >= 11 is 0. The summed E-state index contributed by atoms with van der Waals surface area (Å²) in [6.45, 7) is 4.15. The van der Waals surface area contributed by atoms with Gasteiger partial charge in [-0.05, 0) is 20.3 Å². The Hall–Kier alpha value is -1.06. The van der Waals surface area contributed by atoms with Gasteiger partial charge < -0.3 is 9.75 Å². The second-order valence-electron chi connectivity index (χ2n) is 2.99. The van der Waals surface area contributed by atoms with E-state index in [0.29, 0.717) is 19.4 Å². The Kier molecular flexibility index (Phi) is 5.93. The smallest absolute Gasteiger partial charge is 0.306 e. The van der Waals surface area contributed by atoms with Gasteiger partial charge in [-0.1, -0.05) is 0 Å². The lowest BCUT2D eigenvalue weighted by atomic mass is 10.2. The zero-order valence-corrected chi connectivity index (χ0v) is 8.83. The number of hydrogen-bond acceptors (Lipinski definition) is 4. The molecule has 0 N–H and O–H groups in total. The zero-order chi connectivity index (χ0) is 10.3. The van der Waals surface area contributed by atoms with Crippen LogP contribution in [0.4, 0.5) is 0 Å². The van der Waals surface area contributed by atoms with Crippen LogP contribution < -0.4 is 0 Å². The summed E-state index contributed by atoms with van der Waals surface area (Å²) in [5.74, 6) is -0.157. The molecule has 0 aromatic carbocycles. The molecule has 0 fully saturated rings. The van der Waals surface area contributed by atoms with E-state index in [1.54, 1.807) is 11.9 Å². The van der Waals surface area contributed by atoms with Crippen LogP contribution >= 0.6 is 0 Å². The fraction of sp³-hybridized carbons (Fsp3) is 0.778. The molecule has 0 aliphatic heterocycles. The highest BCUT2D eigenvalue weighted by molar-refractivity contribution is 5.85. The number of carbonyl (C=O) groups is 1. The van der Waals surface area contributed by atoms with Gasteiger partial charge in [0.25, 0.3) is 0 Å². The van der Waals surface area contributed by atoms with Gasteiger partial charge in [-0.2, -0.15) is 5.10 Å². The van der Waals surface area contributed by atoms with Gasteiger partial charge in [0, 0.05) is 19.8 Å². The van der Waals surface area contributed by atoms with E-state index in [1.807, 2.05) is 21.0 Å². The van der Waals surface area contributed by atoms with E-state index in [0.717, 1.165) is 5.71 Å². The number of ether oxygens (including phenoxy) is 1. The van der Waals surface area contributed by atoms with Gasteiger partial charge in [-0.15, -0.1) is 0 Å². The van der Waals surface area contributed by atoms with Crippen LogP contribution in [0.15, 0.2) is 5.10 Å². The molecule has 0 saturated carbocycles. The largest absolute Gasteiger partial charge is 0.466 e. The number of esters is 1. The molecule has 0 aromatic rings. The van der Waals surface area contributed by atoms with Gasteiger partial charge in [0.15, 0.2) is 0 Å². The van der Waals surface area contributed by atoms with Crippen molar-refractivity contribution in [3.8, 4) is 0 Å². The summed E-state index contributed by atoms with van der Waals surface area (Å²) in [7, 11) is 3.71. The Balaban J connectivity index is 3.69. The maximum absolute atomic E-state index is 10.9. The van der Waals surface area contributed by atoms with E-state index in [-0.39, 0.29) is 5.97 Å². The van der Waals surface area contributed by atoms with Crippen LogP contribution in [0.1, 0.15) is 26.7 Å². The summed E-state index contributed by atoms with van der Waals surface area (Å²) in [5, 5.41) is 5.87. The Morgan fingerprint density at radius 1 is 1.38 bits per heavy atom. The molecule has 0 unspecified atom stereocenters. The van der Waals surface area contributed by atoms with E-state index in [9.17, 15) is 4.79 Å². The minimum atomic E-state index is -0.157. The van der Waals surface area contributed by atoms with Crippen molar-refractivity contribution in [3.05, 3.63) is 0 Å². The Morgan fingerprint density at radius 2 is 2.00 bits per heavy atom. The highest BCUT2D eigenvalue weighted by atomic mass is 16.5. The average Bonchev–Trinajstić information content (AvgIpc) is 2.00.